The van der Waals surface area contributed by atoms with Crippen LogP contribution in [-0.4, -0.2) is 54.0 Å². The number of piperazine rings is 1. The Bertz CT molecular complexity index is 993. The third kappa shape index (κ3) is 4.43. The molecule has 2 fully saturated rings. The van der Waals surface area contributed by atoms with Crippen molar-refractivity contribution in [3.8, 4) is 17.0 Å². The fourth-order valence-corrected chi connectivity index (χ4v) is 5.09. The fraction of sp³-hybridized carbons (Fsp3) is 0.400. The first-order valence-electron chi connectivity index (χ1n) is 11.1. The molecule has 1 saturated carbocycles. The normalized spacial score (nSPS) is 22.1. The molecule has 2 aromatic carbocycles. The van der Waals surface area contributed by atoms with E-state index < -0.39 is 0 Å². The molecule has 31 heavy (non-hydrogen) atoms. The molecule has 0 N–H and O–H groups in total. The van der Waals surface area contributed by atoms with Gasteiger partial charge in [-0.2, -0.15) is 5.10 Å². The Labute approximate surface area is 189 Å². The number of aromatic nitrogens is 2. The molecule has 2 aliphatic rings. The molecule has 6 heteroatoms. The lowest BCUT2D eigenvalue weighted by molar-refractivity contribution is 0.183. The Morgan fingerprint density at radius 1 is 0.871 bits per heavy atom. The van der Waals surface area contributed by atoms with Crippen LogP contribution in [0.3, 0.4) is 0 Å². The van der Waals surface area contributed by atoms with E-state index in [1.807, 2.05) is 24.3 Å². The minimum Gasteiger partial charge on any atom is -0.497 e. The summed E-state index contributed by atoms with van der Waals surface area (Å²) in [5.41, 5.74) is 3.44. The number of rotatable bonds is 5. The molecule has 0 bridgehead atoms. The summed E-state index contributed by atoms with van der Waals surface area (Å²) in [6.07, 6.45) is 5.78. The topological polar surface area (TPSA) is 33.5 Å². The molecule has 1 saturated heterocycles. The lowest BCUT2D eigenvalue weighted by Crippen LogP contribution is -2.49. The van der Waals surface area contributed by atoms with Crippen molar-refractivity contribution in [3.63, 3.8) is 0 Å². The highest BCUT2D eigenvalue weighted by Crippen LogP contribution is 2.34. The van der Waals surface area contributed by atoms with Crippen LogP contribution in [0.15, 0.2) is 60.8 Å². The number of hydrogen-bond acceptors (Lipinski definition) is 4. The zero-order valence-electron chi connectivity index (χ0n) is 18.0. The lowest BCUT2D eigenvalue weighted by atomic mass is 10.1. The van der Waals surface area contributed by atoms with E-state index in [2.05, 4.69) is 51.0 Å². The Hall–Kier alpha value is -2.50. The quantitative estimate of drug-likeness (QED) is 0.555. The van der Waals surface area contributed by atoms with Crippen molar-refractivity contribution >= 4 is 17.3 Å². The van der Waals surface area contributed by atoms with Gasteiger partial charge in [0.1, 0.15) is 5.75 Å². The molecule has 162 valence electrons. The maximum atomic E-state index is 6.03. The summed E-state index contributed by atoms with van der Waals surface area (Å²) in [5, 5.41) is 5.69. The van der Waals surface area contributed by atoms with Crippen molar-refractivity contribution in [2.75, 3.05) is 38.2 Å². The maximum absolute atomic E-state index is 6.03. The van der Waals surface area contributed by atoms with Gasteiger partial charge in [-0.3, -0.25) is 9.58 Å². The van der Waals surface area contributed by atoms with E-state index in [1.54, 1.807) is 7.11 Å². The molecule has 1 aliphatic carbocycles. The Kier molecular flexibility index (Phi) is 5.88. The van der Waals surface area contributed by atoms with Crippen LogP contribution in [0.1, 0.15) is 25.3 Å². The van der Waals surface area contributed by atoms with E-state index in [-0.39, 0.29) is 0 Å². The highest BCUT2D eigenvalue weighted by molar-refractivity contribution is 6.30. The first-order valence-corrected chi connectivity index (χ1v) is 11.5. The van der Waals surface area contributed by atoms with Crippen LogP contribution in [0.5, 0.6) is 5.75 Å². The van der Waals surface area contributed by atoms with Crippen LogP contribution in [0.25, 0.3) is 11.3 Å². The molecule has 2 unspecified atom stereocenters. The standard InChI is InChI=1S/C25H29ClN4O/c1-31-24-10-2-19(3-11-24)25-12-13-30(27-25)23-9-8-22(18-23)29-16-14-28(15-17-29)21-6-4-20(26)5-7-21/h2-7,10-13,22-23H,8-9,14-18H2,1H3. The molecule has 2 heterocycles. The number of methoxy groups -OCH3 is 1. The van der Waals surface area contributed by atoms with Crippen molar-refractivity contribution in [2.24, 2.45) is 0 Å². The van der Waals surface area contributed by atoms with Gasteiger partial charge >= 0.3 is 0 Å². The average Bonchev–Trinajstić information content (AvgIpc) is 3.50. The van der Waals surface area contributed by atoms with Gasteiger partial charge in [0.05, 0.1) is 18.8 Å². The van der Waals surface area contributed by atoms with Gasteiger partial charge in [0.15, 0.2) is 0 Å². The summed E-state index contributed by atoms with van der Waals surface area (Å²) in [6, 6.07) is 19.6. The first kappa shape index (κ1) is 20.4. The van der Waals surface area contributed by atoms with Gasteiger partial charge in [-0.25, -0.2) is 0 Å². The summed E-state index contributed by atoms with van der Waals surface area (Å²) in [6.45, 7) is 4.39. The summed E-state index contributed by atoms with van der Waals surface area (Å²) in [5.74, 6) is 0.873. The minimum atomic E-state index is 0.492. The van der Waals surface area contributed by atoms with Crippen LogP contribution in [0.2, 0.25) is 5.02 Å². The lowest BCUT2D eigenvalue weighted by Gasteiger charge is -2.39. The van der Waals surface area contributed by atoms with Crippen LogP contribution in [-0.2, 0) is 0 Å². The second-order valence-corrected chi connectivity index (χ2v) is 8.97. The van der Waals surface area contributed by atoms with Crippen molar-refractivity contribution in [3.05, 3.63) is 65.8 Å². The average molecular weight is 437 g/mol. The maximum Gasteiger partial charge on any atom is 0.118 e. The Balaban J connectivity index is 1.17. The van der Waals surface area contributed by atoms with Crippen molar-refractivity contribution in [2.45, 2.75) is 31.3 Å². The molecule has 5 nitrogen and oxygen atoms in total. The van der Waals surface area contributed by atoms with Crippen molar-refractivity contribution in [1.82, 2.24) is 14.7 Å². The highest BCUT2D eigenvalue weighted by atomic mass is 35.5. The predicted molar refractivity (Wildman–Crippen MR) is 126 cm³/mol. The summed E-state index contributed by atoms with van der Waals surface area (Å²) < 4.78 is 7.44. The molecule has 0 amide bonds. The largest absolute Gasteiger partial charge is 0.497 e. The van der Waals surface area contributed by atoms with Crippen LogP contribution >= 0.6 is 11.6 Å². The Morgan fingerprint density at radius 3 is 2.29 bits per heavy atom. The monoisotopic (exact) mass is 436 g/mol. The smallest absolute Gasteiger partial charge is 0.118 e. The van der Waals surface area contributed by atoms with Gasteiger partial charge in [0, 0.05) is 54.7 Å². The molecule has 1 aliphatic heterocycles. The molecular formula is C25H29ClN4O. The minimum absolute atomic E-state index is 0.492. The van der Waals surface area contributed by atoms with E-state index in [9.17, 15) is 0 Å². The van der Waals surface area contributed by atoms with Crippen molar-refractivity contribution in [1.29, 1.82) is 0 Å². The van der Waals surface area contributed by atoms with Crippen LogP contribution in [0.4, 0.5) is 5.69 Å². The fourth-order valence-electron chi connectivity index (χ4n) is 4.96. The van der Waals surface area contributed by atoms with Gasteiger partial charge in [-0.15, -0.1) is 0 Å². The van der Waals surface area contributed by atoms with Gasteiger partial charge in [0.25, 0.3) is 0 Å². The summed E-state index contributed by atoms with van der Waals surface area (Å²) in [4.78, 5) is 5.15. The van der Waals surface area contributed by atoms with Crippen LogP contribution in [0, 0.1) is 0 Å². The number of benzene rings is 2. The van der Waals surface area contributed by atoms with E-state index in [1.165, 1.54) is 24.9 Å². The van der Waals surface area contributed by atoms with Gasteiger partial charge in [-0.1, -0.05) is 11.6 Å². The molecule has 5 rings (SSSR count). The number of nitrogens with zero attached hydrogens (tertiary/aromatic N) is 4. The number of ether oxygens (including phenoxy) is 1. The molecule has 0 spiro atoms. The van der Waals surface area contributed by atoms with E-state index in [0.717, 1.165) is 48.2 Å². The highest BCUT2D eigenvalue weighted by Gasteiger charge is 2.32. The zero-order chi connectivity index (χ0) is 21.2. The predicted octanol–water partition coefficient (Wildman–Crippen LogP) is 5.13. The van der Waals surface area contributed by atoms with Gasteiger partial charge in [0.2, 0.25) is 0 Å². The third-order valence-corrected chi connectivity index (χ3v) is 7.02. The second-order valence-electron chi connectivity index (χ2n) is 8.53. The van der Waals surface area contributed by atoms with E-state index in [4.69, 9.17) is 21.4 Å². The molecule has 0 radical (unpaired) electrons. The SMILES string of the molecule is COc1ccc(-c2ccn(C3CCC(N4CCN(c5ccc(Cl)cc5)CC4)C3)n2)cc1. The van der Waals surface area contributed by atoms with Crippen LogP contribution < -0.4 is 9.64 Å². The molecule has 1 aromatic heterocycles. The molecule has 3 aromatic rings. The first-order chi connectivity index (χ1) is 15.2. The molecular weight excluding hydrogens is 408 g/mol. The second kappa shape index (κ2) is 8.93. The Morgan fingerprint density at radius 2 is 1.58 bits per heavy atom. The summed E-state index contributed by atoms with van der Waals surface area (Å²) >= 11 is 6.03. The third-order valence-electron chi connectivity index (χ3n) is 6.77. The molecule has 2 atom stereocenters. The van der Waals surface area contributed by atoms with Gasteiger partial charge < -0.3 is 9.64 Å². The van der Waals surface area contributed by atoms with Crippen molar-refractivity contribution < 1.29 is 4.74 Å². The van der Waals surface area contributed by atoms with E-state index in [0.29, 0.717) is 12.1 Å². The summed E-state index contributed by atoms with van der Waals surface area (Å²) in [7, 11) is 1.69. The zero-order valence-corrected chi connectivity index (χ0v) is 18.7. The number of halogens is 1. The number of hydrogen-bond donors (Lipinski definition) is 0. The number of anilines is 1. The van der Waals surface area contributed by atoms with Gasteiger partial charge in [-0.05, 0) is 73.9 Å². The van der Waals surface area contributed by atoms with E-state index >= 15 is 0 Å².